The first-order valence-corrected chi connectivity index (χ1v) is 7.65. The first-order chi connectivity index (χ1) is 11.3. The van der Waals surface area contributed by atoms with Gasteiger partial charge >= 0.3 is 0 Å². The standard InChI is InChI=1S/C15H16N8/c1-22-5-11(4-19-22)12-13-14(18-8-17-13)21-15(20-12)23-6-9-2-16-3-10(9)7-23/h2,4-5,8,10,16H,3,6-7H2,1H3,(H,17,18,20,21). The predicted octanol–water partition coefficient (Wildman–Crippen LogP) is 0.677. The fourth-order valence-electron chi connectivity index (χ4n) is 3.36. The molecule has 0 saturated carbocycles. The number of rotatable bonds is 2. The summed E-state index contributed by atoms with van der Waals surface area (Å²) in [7, 11) is 1.90. The van der Waals surface area contributed by atoms with Crippen LogP contribution in [0.3, 0.4) is 0 Å². The number of aryl methyl sites for hydroxylation is 1. The monoisotopic (exact) mass is 308 g/mol. The Bertz CT molecular complexity index is 921. The maximum atomic E-state index is 4.81. The number of H-pyrrole nitrogens is 1. The highest BCUT2D eigenvalue weighted by molar-refractivity contribution is 5.87. The molecule has 3 aromatic heterocycles. The lowest BCUT2D eigenvalue weighted by atomic mass is 10.1. The minimum Gasteiger partial charge on any atom is -0.390 e. The molecule has 3 aromatic rings. The molecule has 23 heavy (non-hydrogen) atoms. The van der Waals surface area contributed by atoms with Crippen LogP contribution in [0.1, 0.15) is 0 Å². The Morgan fingerprint density at radius 1 is 1.30 bits per heavy atom. The zero-order valence-electron chi connectivity index (χ0n) is 12.7. The number of aromatic nitrogens is 6. The first-order valence-electron chi connectivity index (χ1n) is 7.65. The first kappa shape index (κ1) is 12.6. The molecule has 2 N–H and O–H groups in total. The van der Waals surface area contributed by atoms with Crippen LogP contribution in [-0.4, -0.2) is 49.4 Å². The quantitative estimate of drug-likeness (QED) is 0.724. The van der Waals surface area contributed by atoms with E-state index in [2.05, 4.69) is 36.5 Å². The van der Waals surface area contributed by atoms with Gasteiger partial charge in [0.05, 0.1) is 12.5 Å². The zero-order valence-corrected chi connectivity index (χ0v) is 12.7. The molecule has 1 saturated heterocycles. The van der Waals surface area contributed by atoms with Gasteiger partial charge in [-0.3, -0.25) is 4.68 Å². The summed E-state index contributed by atoms with van der Waals surface area (Å²) < 4.78 is 1.77. The van der Waals surface area contributed by atoms with Crippen LogP contribution in [0.5, 0.6) is 0 Å². The summed E-state index contributed by atoms with van der Waals surface area (Å²) >= 11 is 0. The Morgan fingerprint density at radius 2 is 2.26 bits per heavy atom. The van der Waals surface area contributed by atoms with E-state index in [1.165, 1.54) is 5.57 Å². The van der Waals surface area contributed by atoms with Crippen LogP contribution in [0.25, 0.3) is 22.4 Å². The number of nitrogens with one attached hydrogen (secondary N) is 2. The molecule has 0 bridgehead atoms. The molecule has 116 valence electrons. The van der Waals surface area contributed by atoms with E-state index in [-0.39, 0.29) is 0 Å². The SMILES string of the molecule is Cn1cc(-c2nc(N3CC4=CNCC4C3)nc3nc[nH]c23)cn1. The molecule has 0 aromatic carbocycles. The van der Waals surface area contributed by atoms with E-state index in [4.69, 9.17) is 4.98 Å². The van der Waals surface area contributed by atoms with Gasteiger partial charge in [0, 0.05) is 44.4 Å². The number of nitrogens with zero attached hydrogens (tertiary/aromatic N) is 6. The molecule has 0 aliphatic carbocycles. The molecule has 0 amide bonds. The summed E-state index contributed by atoms with van der Waals surface area (Å²) in [5, 5.41) is 7.55. The summed E-state index contributed by atoms with van der Waals surface area (Å²) in [5.74, 6) is 1.30. The Morgan fingerprint density at radius 3 is 3.09 bits per heavy atom. The number of fused-ring (bicyclic) bond motifs is 2. The average Bonchev–Trinajstić information content (AvgIpc) is 3.29. The van der Waals surface area contributed by atoms with Gasteiger partial charge in [-0.15, -0.1) is 0 Å². The normalized spacial score (nSPS) is 20.0. The van der Waals surface area contributed by atoms with Crippen molar-refractivity contribution < 1.29 is 0 Å². The van der Waals surface area contributed by atoms with E-state index < -0.39 is 0 Å². The van der Waals surface area contributed by atoms with Crippen LogP contribution in [0.15, 0.2) is 30.5 Å². The molecule has 2 aliphatic heterocycles. The molecule has 5 rings (SSSR count). The van der Waals surface area contributed by atoms with Gasteiger partial charge in [-0.25, -0.2) is 9.97 Å². The second-order valence-electron chi connectivity index (χ2n) is 6.08. The molecule has 1 unspecified atom stereocenters. The van der Waals surface area contributed by atoms with E-state index >= 15 is 0 Å². The molecule has 0 spiro atoms. The molecule has 5 heterocycles. The number of hydrogen-bond acceptors (Lipinski definition) is 6. The van der Waals surface area contributed by atoms with Crippen molar-refractivity contribution in [2.75, 3.05) is 24.5 Å². The highest BCUT2D eigenvalue weighted by Gasteiger charge is 2.32. The maximum absolute atomic E-state index is 4.81. The third kappa shape index (κ3) is 1.91. The summed E-state index contributed by atoms with van der Waals surface area (Å²) in [5.41, 5.74) is 4.78. The topological polar surface area (TPSA) is 87.5 Å². The van der Waals surface area contributed by atoms with Gasteiger partial charge in [-0.2, -0.15) is 10.1 Å². The van der Waals surface area contributed by atoms with Crippen LogP contribution in [0.2, 0.25) is 0 Å². The van der Waals surface area contributed by atoms with Crippen molar-refractivity contribution in [3.05, 3.63) is 30.5 Å². The van der Waals surface area contributed by atoms with Crippen LogP contribution in [-0.2, 0) is 7.05 Å². The van der Waals surface area contributed by atoms with Gasteiger partial charge in [0.1, 0.15) is 11.2 Å². The Hall–Kier alpha value is -2.90. The number of aromatic amines is 1. The van der Waals surface area contributed by atoms with Crippen molar-refractivity contribution in [2.24, 2.45) is 13.0 Å². The summed E-state index contributed by atoms with van der Waals surface area (Å²) in [4.78, 5) is 19.1. The molecule has 1 fully saturated rings. The third-order valence-electron chi connectivity index (χ3n) is 4.53. The van der Waals surface area contributed by atoms with Crippen molar-refractivity contribution >= 4 is 17.1 Å². The van der Waals surface area contributed by atoms with Crippen LogP contribution >= 0.6 is 0 Å². The average molecular weight is 308 g/mol. The minimum absolute atomic E-state index is 0.565. The summed E-state index contributed by atoms with van der Waals surface area (Å²) in [6.07, 6.45) is 7.56. The van der Waals surface area contributed by atoms with Gasteiger partial charge in [0.25, 0.3) is 0 Å². The van der Waals surface area contributed by atoms with Gasteiger partial charge in [-0.1, -0.05) is 0 Å². The molecule has 1 atom stereocenters. The van der Waals surface area contributed by atoms with E-state index in [1.54, 1.807) is 11.0 Å². The molecular formula is C15H16N8. The largest absolute Gasteiger partial charge is 0.390 e. The van der Waals surface area contributed by atoms with Crippen LogP contribution in [0.4, 0.5) is 5.95 Å². The van der Waals surface area contributed by atoms with E-state index in [0.29, 0.717) is 11.6 Å². The maximum Gasteiger partial charge on any atom is 0.228 e. The Balaban J connectivity index is 1.62. The van der Waals surface area contributed by atoms with E-state index in [0.717, 1.165) is 42.4 Å². The smallest absolute Gasteiger partial charge is 0.228 e. The fourth-order valence-corrected chi connectivity index (χ4v) is 3.36. The minimum atomic E-state index is 0.565. The number of imidazole rings is 1. The van der Waals surface area contributed by atoms with Crippen LogP contribution in [0, 0.1) is 5.92 Å². The molecular weight excluding hydrogens is 292 g/mol. The Kier molecular flexibility index (Phi) is 2.50. The lowest BCUT2D eigenvalue weighted by molar-refractivity contribution is 0.673. The fraction of sp³-hybridized carbons (Fsp3) is 0.333. The molecule has 2 aliphatic rings. The van der Waals surface area contributed by atoms with Crippen molar-refractivity contribution in [3.63, 3.8) is 0 Å². The van der Waals surface area contributed by atoms with Gasteiger partial charge in [0.2, 0.25) is 5.95 Å². The van der Waals surface area contributed by atoms with Gasteiger partial charge in [0.15, 0.2) is 5.65 Å². The third-order valence-corrected chi connectivity index (χ3v) is 4.53. The van der Waals surface area contributed by atoms with Crippen molar-refractivity contribution in [1.29, 1.82) is 0 Å². The van der Waals surface area contributed by atoms with Gasteiger partial charge in [-0.05, 0) is 11.8 Å². The van der Waals surface area contributed by atoms with Crippen LogP contribution < -0.4 is 10.2 Å². The Labute approximate surface area is 132 Å². The highest BCUT2D eigenvalue weighted by Crippen LogP contribution is 2.31. The van der Waals surface area contributed by atoms with E-state index in [1.807, 2.05) is 19.4 Å². The van der Waals surface area contributed by atoms with Crippen molar-refractivity contribution in [2.45, 2.75) is 0 Å². The zero-order chi connectivity index (χ0) is 15.4. The lowest BCUT2D eigenvalue weighted by Gasteiger charge is -2.17. The van der Waals surface area contributed by atoms with Gasteiger partial charge < -0.3 is 15.2 Å². The lowest BCUT2D eigenvalue weighted by Crippen LogP contribution is -2.25. The second kappa shape index (κ2) is 4.55. The predicted molar refractivity (Wildman–Crippen MR) is 85.7 cm³/mol. The molecule has 8 nitrogen and oxygen atoms in total. The number of anilines is 1. The molecule has 8 heteroatoms. The van der Waals surface area contributed by atoms with Crippen molar-refractivity contribution in [3.8, 4) is 11.3 Å². The van der Waals surface area contributed by atoms with E-state index in [9.17, 15) is 0 Å². The second-order valence-corrected chi connectivity index (χ2v) is 6.08. The highest BCUT2D eigenvalue weighted by atomic mass is 15.3. The number of hydrogen-bond donors (Lipinski definition) is 2. The van der Waals surface area contributed by atoms with Crippen molar-refractivity contribution in [1.82, 2.24) is 35.0 Å². The summed E-state index contributed by atoms with van der Waals surface area (Å²) in [6.45, 7) is 2.83. The summed E-state index contributed by atoms with van der Waals surface area (Å²) in [6, 6.07) is 0. The molecule has 0 radical (unpaired) electrons.